The molecule has 0 aliphatic carbocycles. The van der Waals surface area contributed by atoms with Crippen LogP contribution in [-0.2, 0) is 13.3 Å². The predicted molar refractivity (Wildman–Crippen MR) is 71.9 cm³/mol. The van der Waals surface area contributed by atoms with Crippen LogP contribution >= 0.6 is 0 Å². The van der Waals surface area contributed by atoms with Gasteiger partial charge in [0.25, 0.3) is 0 Å². The Kier molecular flexibility index (Phi) is 4.80. The molecule has 0 atom stereocenters. The highest BCUT2D eigenvalue weighted by Crippen LogP contribution is 2.43. The first-order valence-corrected chi connectivity index (χ1v) is 8.55. The highest BCUT2D eigenvalue weighted by atomic mass is 28.4. The fourth-order valence-electron chi connectivity index (χ4n) is 1.77. The van der Waals surface area contributed by atoms with Crippen LogP contribution < -0.4 is 0 Å². The fourth-order valence-corrected chi connectivity index (χ4v) is 4.53. The number of hydrogen-bond acceptors (Lipinski definition) is 3. The van der Waals surface area contributed by atoms with Gasteiger partial charge in [-0.15, -0.1) is 0 Å². The smallest absolute Gasteiger partial charge is 0.377 e. The van der Waals surface area contributed by atoms with E-state index in [0.29, 0.717) is 0 Å². The standard InChI is InChI=1S/C13H28O3Si/c1-7-8-9-17(14-6)15-10-12(2,3)13(4,5)11-16-17/h7-11H2,1-6H3. The van der Waals surface area contributed by atoms with Gasteiger partial charge < -0.3 is 13.3 Å². The lowest BCUT2D eigenvalue weighted by Gasteiger charge is -2.38. The number of rotatable bonds is 4. The number of hydrogen-bond donors (Lipinski definition) is 0. The second-order valence-corrected chi connectivity index (χ2v) is 9.19. The van der Waals surface area contributed by atoms with Gasteiger partial charge in [-0.05, 0) is 17.3 Å². The molecule has 1 heterocycles. The normalized spacial score (nSPS) is 26.5. The molecular formula is C13H28O3Si. The van der Waals surface area contributed by atoms with Gasteiger partial charge in [0.2, 0.25) is 0 Å². The van der Waals surface area contributed by atoms with Crippen molar-refractivity contribution < 1.29 is 13.3 Å². The first kappa shape index (κ1) is 15.2. The molecule has 3 nitrogen and oxygen atoms in total. The molecule has 1 rings (SSSR count). The van der Waals surface area contributed by atoms with Crippen molar-refractivity contribution in [3.05, 3.63) is 0 Å². The minimum Gasteiger partial charge on any atom is -0.377 e. The molecule has 0 unspecified atom stereocenters. The SMILES string of the molecule is CCCC[Si]1(OC)OCC(C)(C)C(C)(C)CO1. The summed E-state index contributed by atoms with van der Waals surface area (Å²) < 4.78 is 17.8. The maximum atomic E-state index is 6.09. The quantitative estimate of drug-likeness (QED) is 0.724. The van der Waals surface area contributed by atoms with Crippen molar-refractivity contribution >= 4 is 8.80 Å². The van der Waals surface area contributed by atoms with E-state index in [0.717, 1.165) is 32.1 Å². The second-order valence-electron chi connectivity index (χ2n) is 6.34. The van der Waals surface area contributed by atoms with Gasteiger partial charge in [0.05, 0.1) is 0 Å². The van der Waals surface area contributed by atoms with Crippen molar-refractivity contribution in [3.8, 4) is 0 Å². The van der Waals surface area contributed by atoms with Gasteiger partial charge in [0, 0.05) is 26.4 Å². The van der Waals surface area contributed by atoms with Crippen molar-refractivity contribution in [2.45, 2.75) is 53.5 Å². The zero-order valence-electron chi connectivity index (χ0n) is 12.3. The van der Waals surface area contributed by atoms with E-state index in [-0.39, 0.29) is 10.8 Å². The van der Waals surface area contributed by atoms with Crippen LogP contribution in [0.15, 0.2) is 0 Å². The monoisotopic (exact) mass is 260 g/mol. The summed E-state index contributed by atoms with van der Waals surface area (Å²) in [4.78, 5) is 0. The molecule has 0 amide bonds. The lowest BCUT2D eigenvalue weighted by atomic mass is 9.69. The molecule has 0 saturated carbocycles. The predicted octanol–water partition coefficient (Wildman–Crippen LogP) is 3.47. The molecule has 0 aromatic carbocycles. The second kappa shape index (κ2) is 5.39. The van der Waals surface area contributed by atoms with Crippen molar-refractivity contribution in [2.24, 2.45) is 10.8 Å². The Morgan fingerprint density at radius 3 is 1.88 bits per heavy atom. The Morgan fingerprint density at radius 1 is 1.06 bits per heavy atom. The summed E-state index contributed by atoms with van der Waals surface area (Å²) in [6, 6.07) is 0.937. The average Bonchev–Trinajstić information content (AvgIpc) is 2.36. The van der Waals surface area contributed by atoms with Gasteiger partial charge in [-0.1, -0.05) is 41.0 Å². The topological polar surface area (TPSA) is 27.7 Å². The van der Waals surface area contributed by atoms with E-state index in [9.17, 15) is 0 Å². The zero-order chi connectivity index (χ0) is 13.2. The molecule has 0 aromatic heterocycles. The summed E-state index contributed by atoms with van der Waals surface area (Å²) in [7, 11) is -0.676. The minimum atomic E-state index is -2.41. The molecule has 0 aromatic rings. The first-order valence-electron chi connectivity index (χ1n) is 6.62. The van der Waals surface area contributed by atoms with Crippen LogP contribution in [0, 0.1) is 10.8 Å². The van der Waals surface area contributed by atoms with Crippen LogP contribution in [0.3, 0.4) is 0 Å². The summed E-state index contributed by atoms with van der Waals surface area (Å²) in [6.07, 6.45) is 2.26. The van der Waals surface area contributed by atoms with Gasteiger partial charge in [-0.25, -0.2) is 0 Å². The molecule has 1 saturated heterocycles. The molecule has 0 bridgehead atoms. The molecule has 17 heavy (non-hydrogen) atoms. The van der Waals surface area contributed by atoms with Crippen LogP contribution in [0.4, 0.5) is 0 Å². The number of unbranched alkanes of at least 4 members (excludes halogenated alkanes) is 1. The molecular weight excluding hydrogens is 232 g/mol. The van der Waals surface area contributed by atoms with E-state index in [1.54, 1.807) is 7.11 Å². The van der Waals surface area contributed by atoms with Crippen LogP contribution in [0.2, 0.25) is 6.04 Å². The highest BCUT2D eigenvalue weighted by Gasteiger charge is 2.49. The summed E-state index contributed by atoms with van der Waals surface area (Å²) in [5, 5.41) is 0. The third-order valence-corrected chi connectivity index (χ3v) is 7.04. The molecule has 0 spiro atoms. The average molecular weight is 260 g/mol. The van der Waals surface area contributed by atoms with Gasteiger partial charge in [0.15, 0.2) is 0 Å². The molecule has 0 N–H and O–H groups in total. The van der Waals surface area contributed by atoms with E-state index >= 15 is 0 Å². The van der Waals surface area contributed by atoms with Gasteiger partial charge in [0.1, 0.15) is 0 Å². The summed E-state index contributed by atoms with van der Waals surface area (Å²) in [6.45, 7) is 12.6. The summed E-state index contributed by atoms with van der Waals surface area (Å²) >= 11 is 0. The molecule has 1 aliphatic rings. The van der Waals surface area contributed by atoms with Crippen molar-refractivity contribution in [1.82, 2.24) is 0 Å². The van der Waals surface area contributed by atoms with Crippen LogP contribution in [0.25, 0.3) is 0 Å². The van der Waals surface area contributed by atoms with Crippen LogP contribution in [-0.4, -0.2) is 29.1 Å². The molecule has 1 aliphatic heterocycles. The highest BCUT2D eigenvalue weighted by molar-refractivity contribution is 6.60. The van der Waals surface area contributed by atoms with Gasteiger partial charge >= 0.3 is 8.80 Å². The Labute approximate surface area is 107 Å². The van der Waals surface area contributed by atoms with Crippen LogP contribution in [0.5, 0.6) is 0 Å². The van der Waals surface area contributed by atoms with Crippen molar-refractivity contribution in [1.29, 1.82) is 0 Å². The molecule has 102 valence electrons. The fraction of sp³-hybridized carbons (Fsp3) is 1.00. The van der Waals surface area contributed by atoms with E-state index < -0.39 is 8.80 Å². The Balaban J connectivity index is 2.79. The zero-order valence-corrected chi connectivity index (χ0v) is 13.3. The summed E-state index contributed by atoms with van der Waals surface area (Å²) in [5.41, 5.74) is 0.235. The lowest BCUT2D eigenvalue weighted by Crippen LogP contribution is -2.44. The lowest BCUT2D eigenvalue weighted by molar-refractivity contribution is 0.0471. The van der Waals surface area contributed by atoms with Gasteiger partial charge in [-0.3, -0.25) is 0 Å². The minimum absolute atomic E-state index is 0.118. The van der Waals surface area contributed by atoms with Crippen LogP contribution in [0.1, 0.15) is 47.5 Å². The van der Waals surface area contributed by atoms with E-state index in [1.165, 1.54) is 0 Å². The molecule has 0 radical (unpaired) electrons. The Hall–Kier alpha value is 0.0969. The molecule has 1 fully saturated rings. The van der Waals surface area contributed by atoms with Crippen molar-refractivity contribution in [3.63, 3.8) is 0 Å². The maximum absolute atomic E-state index is 6.09. The Morgan fingerprint density at radius 2 is 1.53 bits per heavy atom. The third kappa shape index (κ3) is 3.31. The van der Waals surface area contributed by atoms with Crippen molar-refractivity contribution in [2.75, 3.05) is 20.3 Å². The Bertz CT molecular complexity index is 233. The van der Waals surface area contributed by atoms with E-state index in [2.05, 4.69) is 34.6 Å². The van der Waals surface area contributed by atoms with Gasteiger partial charge in [-0.2, -0.15) is 0 Å². The third-order valence-electron chi connectivity index (χ3n) is 4.29. The largest absolute Gasteiger partial charge is 0.500 e. The molecule has 4 heteroatoms. The maximum Gasteiger partial charge on any atom is 0.500 e. The summed E-state index contributed by atoms with van der Waals surface area (Å²) in [5.74, 6) is 0. The first-order chi connectivity index (χ1) is 7.79. The van der Waals surface area contributed by atoms with E-state index in [1.807, 2.05) is 0 Å². The van der Waals surface area contributed by atoms with E-state index in [4.69, 9.17) is 13.3 Å².